The number of nitrogens with one attached hydrogen (secondary N) is 1. The van der Waals surface area contributed by atoms with Crippen LogP contribution in [0.4, 0.5) is 17.3 Å². The average molecular weight is 370 g/mol. The maximum absolute atomic E-state index is 12.1. The molecule has 0 aliphatic heterocycles. The van der Waals surface area contributed by atoms with Gasteiger partial charge in [-0.1, -0.05) is 23.4 Å². The molecule has 1 aromatic heterocycles. The molecule has 0 radical (unpaired) electrons. The lowest BCUT2D eigenvalue weighted by Crippen LogP contribution is -2.15. The molecular formula is C14H16ClN5O3S. The van der Waals surface area contributed by atoms with Gasteiger partial charge in [-0.25, -0.2) is 9.97 Å². The van der Waals surface area contributed by atoms with E-state index in [-0.39, 0.29) is 23.3 Å². The molecular weight excluding hydrogens is 354 g/mol. The standard InChI is InChI=1S/C14H16ClN5O3S/c1-22-9-4-10(23-2)8(3-7(9)15)18-13(21)6-24-14-19-11(16)5-12(17)20-14/h3-5H,6H2,1-2H3,(H,18,21)(H4,16,17,19,20). The number of halogens is 1. The van der Waals surface area contributed by atoms with Crippen LogP contribution in [0.1, 0.15) is 0 Å². The Morgan fingerprint density at radius 3 is 2.38 bits per heavy atom. The highest BCUT2D eigenvalue weighted by Crippen LogP contribution is 2.36. The van der Waals surface area contributed by atoms with Gasteiger partial charge in [-0.2, -0.15) is 0 Å². The first kappa shape index (κ1) is 18.0. The van der Waals surface area contributed by atoms with Gasteiger partial charge >= 0.3 is 0 Å². The molecule has 1 heterocycles. The normalized spacial score (nSPS) is 10.3. The molecule has 2 aromatic rings. The minimum atomic E-state index is -0.288. The van der Waals surface area contributed by atoms with Crippen molar-refractivity contribution in [2.45, 2.75) is 5.16 Å². The Kier molecular flexibility index (Phi) is 5.93. The van der Waals surface area contributed by atoms with Crippen molar-refractivity contribution < 1.29 is 14.3 Å². The Hall–Kier alpha value is -2.39. The number of benzene rings is 1. The number of nitrogens with two attached hydrogens (primary N) is 2. The predicted octanol–water partition coefficient (Wildman–Crippen LogP) is 2.04. The second-order valence-corrected chi connectivity index (χ2v) is 5.87. The van der Waals surface area contributed by atoms with Gasteiger partial charge in [-0.15, -0.1) is 0 Å². The zero-order chi connectivity index (χ0) is 17.7. The van der Waals surface area contributed by atoms with Crippen LogP contribution in [0.15, 0.2) is 23.4 Å². The molecule has 0 atom stereocenters. The third-order valence-corrected chi connectivity index (χ3v) is 3.97. The Morgan fingerprint density at radius 1 is 1.17 bits per heavy atom. The number of hydrogen-bond donors (Lipinski definition) is 3. The van der Waals surface area contributed by atoms with Crippen molar-refractivity contribution >= 4 is 46.6 Å². The summed E-state index contributed by atoms with van der Waals surface area (Å²) in [5, 5.41) is 3.39. The molecule has 2 rings (SSSR count). The van der Waals surface area contributed by atoms with Crippen LogP contribution >= 0.6 is 23.4 Å². The largest absolute Gasteiger partial charge is 0.495 e. The van der Waals surface area contributed by atoms with Crippen LogP contribution in [-0.4, -0.2) is 35.8 Å². The Labute approximate surface area is 147 Å². The summed E-state index contributed by atoms with van der Waals surface area (Å²) in [6.45, 7) is 0. The predicted molar refractivity (Wildman–Crippen MR) is 94.8 cm³/mol. The Bertz CT molecular complexity index is 739. The topological polar surface area (TPSA) is 125 Å². The molecule has 8 nitrogen and oxygen atoms in total. The summed E-state index contributed by atoms with van der Waals surface area (Å²) in [6, 6.07) is 4.58. The summed E-state index contributed by atoms with van der Waals surface area (Å²) in [5.41, 5.74) is 11.6. The second-order valence-electron chi connectivity index (χ2n) is 4.52. The number of methoxy groups -OCH3 is 2. The van der Waals surface area contributed by atoms with Gasteiger partial charge in [-0.3, -0.25) is 4.79 Å². The lowest BCUT2D eigenvalue weighted by atomic mass is 10.2. The molecule has 10 heteroatoms. The fraction of sp³-hybridized carbons (Fsp3) is 0.214. The number of thioether (sulfide) groups is 1. The lowest BCUT2D eigenvalue weighted by Gasteiger charge is -2.13. The third-order valence-electron chi connectivity index (χ3n) is 2.83. The Balaban J connectivity index is 2.05. The van der Waals surface area contributed by atoms with Crippen LogP contribution in [-0.2, 0) is 4.79 Å². The molecule has 0 saturated heterocycles. The van der Waals surface area contributed by atoms with Crippen molar-refractivity contribution in [2.75, 3.05) is 36.8 Å². The highest BCUT2D eigenvalue weighted by atomic mass is 35.5. The number of ether oxygens (including phenoxy) is 2. The zero-order valence-electron chi connectivity index (χ0n) is 13.0. The van der Waals surface area contributed by atoms with E-state index in [1.165, 1.54) is 20.3 Å². The second kappa shape index (κ2) is 7.93. The van der Waals surface area contributed by atoms with Gasteiger partial charge in [0, 0.05) is 12.1 Å². The van der Waals surface area contributed by atoms with E-state index in [9.17, 15) is 4.79 Å². The molecule has 0 aliphatic carbocycles. The van der Waals surface area contributed by atoms with E-state index in [0.29, 0.717) is 27.4 Å². The molecule has 0 fully saturated rings. The first-order valence-electron chi connectivity index (χ1n) is 6.67. The molecule has 0 aliphatic rings. The van der Waals surface area contributed by atoms with Gasteiger partial charge in [0.15, 0.2) is 5.16 Å². The van der Waals surface area contributed by atoms with Crippen molar-refractivity contribution in [3.63, 3.8) is 0 Å². The fourth-order valence-electron chi connectivity index (χ4n) is 1.80. The van der Waals surface area contributed by atoms with Gasteiger partial charge in [-0.05, 0) is 6.07 Å². The molecule has 0 unspecified atom stereocenters. The van der Waals surface area contributed by atoms with E-state index in [4.69, 9.17) is 32.5 Å². The molecule has 24 heavy (non-hydrogen) atoms. The van der Waals surface area contributed by atoms with Crippen molar-refractivity contribution in [3.05, 3.63) is 23.2 Å². The number of nitrogens with zero attached hydrogens (tertiary/aromatic N) is 2. The number of hydrogen-bond acceptors (Lipinski definition) is 8. The van der Waals surface area contributed by atoms with Gasteiger partial charge in [0.2, 0.25) is 5.91 Å². The molecule has 5 N–H and O–H groups in total. The van der Waals surface area contributed by atoms with E-state index in [1.807, 2.05) is 0 Å². The van der Waals surface area contributed by atoms with Crippen molar-refractivity contribution in [1.29, 1.82) is 0 Å². The molecule has 1 aromatic carbocycles. The summed E-state index contributed by atoms with van der Waals surface area (Å²) in [4.78, 5) is 20.1. The maximum atomic E-state index is 12.1. The van der Waals surface area contributed by atoms with E-state index in [1.54, 1.807) is 12.1 Å². The van der Waals surface area contributed by atoms with Gasteiger partial charge in [0.25, 0.3) is 0 Å². The van der Waals surface area contributed by atoms with E-state index in [2.05, 4.69) is 15.3 Å². The third kappa shape index (κ3) is 4.56. The van der Waals surface area contributed by atoms with Crippen LogP contribution in [0.25, 0.3) is 0 Å². The minimum Gasteiger partial charge on any atom is -0.495 e. The zero-order valence-corrected chi connectivity index (χ0v) is 14.6. The average Bonchev–Trinajstić information content (AvgIpc) is 2.52. The number of aromatic nitrogens is 2. The highest BCUT2D eigenvalue weighted by molar-refractivity contribution is 7.99. The number of rotatable bonds is 6. The van der Waals surface area contributed by atoms with E-state index >= 15 is 0 Å². The van der Waals surface area contributed by atoms with Gasteiger partial charge in [0.1, 0.15) is 23.1 Å². The van der Waals surface area contributed by atoms with E-state index in [0.717, 1.165) is 11.8 Å². The first-order chi connectivity index (χ1) is 11.4. The smallest absolute Gasteiger partial charge is 0.234 e. The monoisotopic (exact) mass is 369 g/mol. The van der Waals surface area contributed by atoms with Crippen molar-refractivity contribution in [2.24, 2.45) is 0 Å². The van der Waals surface area contributed by atoms with Crippen LogP contribution in [0, 0.1) is 0 Å². The highest BCUT2D eigenvalue weighted by Gasteiger charge is 2.13. The Morgan fingerprint density at radius 2 is 1.79 bits per heavy atom. The van der Waals surface area contributed by atoms with Crippen LogP contribution in [0.3, 0.4) is 0 Å². The van der Waals surface area contributed by atoms with Crippen molar-refractivity contribution in [3.8, 4) is 11.5 Å². The van der Waals surface area contributed by atoms with Gasteiger partial charge in [0.05, 0.1) is 30.7 Å². The first-order valence-corrected chi connectivity index (χ1v) is 8.03. The number of carbonyl (C=O) groups excluding carboxylic acids is 1. The number of nitrogen functional groups attached to an aromatic ring is 2. The van der Waals surface area contributed by atoms with Crippen molar-refractivity contribution in [1.82, 2.24) is 9.97 Å². The molecule has 128 valence electrons. The van der Waals surface area contributed by atoms with Crippen LogP contribution in [0.2, 0.25) is 5.02 Å². The van der Waals surface area contributed by atoms with E-state index < -0.39 is 0 Å². The number of amides is 1. The molecule has 1 amide bonds. The number of carbonyl (C=O) groups is 1. The van der Waals surface area contributed by atoms with Gasteiger partial charge < -0.3 is 26.3 Å². The SMILES string of the molecule is COc1cc(OC)c(NC(=O)CSc2nc(N)cc(N)n2)cc1Cl. The fourth-order valence-corrected chi connectivity index (χ4v) is 2.71. The molecule has 0 spiro atoms. The molecule has 0 saturated carbocycles. The minimum absolute atomic E-state index is 0.0652. The number of anilines is 3. The maximum Gasteiger partial charge on any atom is 0.234 e. The summed E-state index contributed by atoms with van der Waals surface area (Å²) in [7, 11) is 2.98. The van der Waals surface area contributed by atoms with Crippen LogP contribution in [0.5, 0.6) is 11.5 Å². The lowest BCUT2D eigenvalue weighted by molar-refractivity contribution is -0.113. The quantitative estimate of drug-likeness (QED) is 0.521. The molecule has 0 bridgehead atoms. The van der Waals surface area contributed by atoms with Crippen LogP contribution < -0.4 is 26.3 Å². The summed E-state index contributed by atoms with van der Waals surface area (Å²) in [6.07, 6.45) is 0. The summed E-state index contributed by atoms with van der Waals surface area (Å²) < 4.78 is 10.3. The summed E-state index contributed by atoms with van der Waals surface area (Å²) in [5.74, 6) is 1.14. The summed E-state index contributed by atoms with van der Waals surface area (Å²) >= 11 is 7.17.